The molecule has 0 unspecified atom stereocenters. The summed E-state index contributed by atoms with van der Waals surface area (Å²) in [6.45, 7) is 2.74. The van der Waals surface area contributed by atoms with Crippen LogP contribution in [0.3, 0.4) is 0 Å². The highest BCUT2D eigenvalue weighted by Gasteiger charge is 2.11. The van der Waals surface area contributed by atoms with Crippen molar-refractivity contribution in [2.75, 3.05) is 11.9 Å². The number of benzene rings is 2. The van der Waals surface area contributed by atoms with Gasteiger partial charge in [0.1, 0.15) is 5.75 Å². The number of carbonyl (C=O) groups excluding carboxylic acids is 1. The molecule has 3 aromatic rings. The Hall–Kier alpha value is -2.77. The summed E-state index contributed by atoms with van der Waals surface area (Å²) in [6.07, 6.45) is 2.03. The zero-order valence-electron chi connectivity index (χ0n) is 15.5. The predicted molar refractivity (Wildman–Crippen MR) is 118 cm³/mol. The van der Waals surface area contributed by atoms with Gasteiger partial charge in [-0.05, 0) is 36.8 Å². The van der Waals surface area contributed by atoms with E-state index in [2.05, 4.69) is 22.5 Å². The molecule has 0 atom stereocenters. The minimum atomic E-state index is -0.293. The van der Waals surface area contributed by atoms with E-state index in [0.29, 0.717) is 23.1 Å². The average Bonchev–Trinajstić information content (AvgIpc) is 3.17. The summed E-state index contributed by atoms with van der Waals surface area (Å²) < 4.78 is 5.65. The zero-order chi connectivity index (χ0) is 19.8. The number of aromatic nitrogens is 1. The van der Waals surface area contributed by atoms with E-state index in [0.717, 1.165) is 24.1 Å². The second kappa shape index (κ2) is 9.96. The largest absolute Gasteiger partial charge is 0.494 e. The fourth-order valence-corrected chi connectivity index (χ4v) is 3.42. The van der Waals surface area contributed by atoms with Crippen LogP contribution in [-0.2, 0) is 0 Å². The minimum Gasteiger partial charge on any atom is -0.494 e. The zero-order valence-corrected chi connectivity index (χ0v) is 17.1. The molecule has 28 heavy (non-hydrogen) atoms. The Labute approximate surface area is 173 Å². The van der Waals surface area contributed by atoms with E-state index in [1.807, 2.05) is 41.8 Å². The lowest BCUT2D eigenvalue weighted by atomic mass is 10.2. The molecule has 0 aliphatic rings. The standard InChI is InChI=1S/C21H21N3O2S2/c1-2-3-12-26-17-11-7-10-16(13-17)19(25)23-20(27)24-21-22-18(14-28-21)15-8-5-4-6-9-15/h4-11,13-14H,2-3,12H2,1H3,(H2,22,23,24,25,27). The van der Waals surface area contributed by atoms with Gasteiger partial charge < -0.3 is 10.1 Å². The summed E-state index contributed by atoms with van der Waals surface area (Å²) in [7, 11) is 0. The summed E-state index contributed by atoms with van der Waals surface area (Å²) in [4.78, 5) is 16.9. The van der Waals surface area contributed by atoms with Crippen molar-refractivity contribution in [1.82, 2.24) is 10.3 Å². The number of thiocarbonyl (C=S) groups is 1. The van der Waals surface area contributed by atoms with Crippen LogP contribution in [-0.4, -0.2) is 22.6 Å². The number of anilines is 1. The van der Waals surface area contributed by atoms with E-state index in [4.69, 9.17) is 17.0 Å². The third-order valence-corrected chi connectivity index (χ3v) is 4.85. The number of carbonyl (C=O) groups is 1. The van der Waals surface area contributed by atoms with E-state index in [1.165, 1.54) is 11.3 Å². The number of hydrogen-bond donors (Lipinski definition) is 2. The summed E-state index contributed by atoms with van der Waals surface area (Å²) in [6, 6.07) is 16.9. The Balaban J connectivity index is 1.57. The Morgan fingerprint density at radius 1 is 1.18 bits per heavy atom. The number of ether oxygens (including phenoxy) is 1. The first-order chi connectivity index (χ1) is 13.7. The molecule has 2 aromatic carbocycles. The SMILES string of the molecule is CCCCOc1cccc(C(=O)NC(=S)Nc2nc(-c3ccccc3)cs2)c1. The van der Waals surface area contributed by atoms with Gasteiger partial charge in [-0.1, -0.05) is 49.7 Å². The van der Waals surface area contributed by atoms with Crippen molar-refractivity contribution in [2.24, 2.45) is 0 Å². The smallest absolute Gasteiger partial charge is 0.257 e. The third kappa shape index (κ3) is 5.61. The molecule has 0 fully saturated rings. The molecule has 1 heterocycles. The Kier molecular flexibility index (Phi) is 7.11. The van der Waals surface area contributed by atoms with Gasteiger partial charge in [-0.15, -0.1) is 11.3 Å². The molecule has 2 N–H and O–H groups in total. The predicted octanol–water partition coefficient (Wildman–Crippen LogP) is 5.12. The topological polar surface area (TPSA) is 63.2 Å². The highest BCUT2D eigenvalue weighted by Crippen LogP contribution is 2.24. The lowest BCUT2D eigenvalue weighted by Gasteiger charge is -2.09. The number of nitrogens with one attached hydrogen (secondary N) is 2. The molecule has 7 heteroatoms. The van der Waals surface area contributed by atoms with Crippen molar-refractivity contribution in [3.8, 4) is 17.0 Å². The second-order valence-corrected chi connectivity index (χ2v) is 7.31. The summed E-state index contributed by atoms with van der Waals surface area (Å²) in [5.41, 5.74) is 2.38. The van der Waals surface area contributed by atoms with Gasteiger partial charge >= 0.3 is 0 Å². The van der Waals surface area contributed by atoms with Gasteiger partial charge in [0.25, 0.3) is 5.91 Å². The van der Waals surface area contributed by atoms with E-state index < -0.39 is 0 Å². The van der Waals surface area contributed by atoms with Gasteiger partial charge in [-0.2, -0.15) is 0 Å². The van der Waals surface area contributed by atoms with Gasteiger partial charge in [0, 0.05) is 16.5 Å². The molecule has 1 amide bonds. The lowest BCUT2D eigenvalue weighted by molar-refractivity contribution is 0.0977. The molecule has 0 bridgehead atoms. The normalized spacial score (nSPS) is 10.3. The molecular weight excluding hydrogens is 390 g/mol. The molecular formula is C21H21N3O2S2. The molecule has 0 radical (unpaired) electrons. The third-order valence-electron chi connectivity index (χ3n) is 3.88. The lowest BCUT2D eigenvalue weighted by Crippen LogP contribution is -2.34. The van der Waals surface area contributed by atoms with Crippen molar-refractivity contribution in [3.63, 3.8) is 0 Å². The van der Waals surface area contributed by atoms with E-state index in [-0.39, 0.29) is 11.0 Å². The van der Waals surface area contributed by atoms with Crippen LogP contribution in [0, 0.1) is 0 Å². The summed E-state index contributed by atoms with van der Waals surface area (Å²) in [5, 5.41) is 8.42. The fourth-order valence-electron chi connectivity index (χ4n) is 2.44. The van der Waals surface area contributed by atoms with Crippen LogP contribution in [0.4, 0.5) is 5.13 Å². The van der Waals surface area contributed by atoms with Gasteiger partial charge in [0.05, 0.1) is 12.3 Å². The van der Waals surface area contributed by atoms with Crippen LogP contribution in [0.1, 0.15) is 30.1 Å². The highest BCUT2D eigenvalue weighted by molar-refractivity contribution is 7.80. The number of thiazole rings is 1. The Morgan fingerprint density at radius 3 is 2.79 bits per heavy atom. The van der Waals surface area contributed by atoms with Gasteiger partial charge in [-0.3, -0.25) is 10.1 Å². The highest BCUT2D eigenvalue weighted by atomic mass is 32.1. The van der Waals surface area contributed by atoms with E-state index in [9.17, 15) is 4.79 Å². The molecule has 0 saturated heterocycles. The van der Waals surface area contributed by atoms with Crippen LogP contribution >= 0.6 is 23.6 Å². The Morgan fingerprint density at radius 2 is 2.00 bits per heavy atom. The van der Waals surface area contributed by atoms with Crippen molar-refractivity contribution in [1.29, 1.82) is 0 Å². The molecule has 1 aromatic heterocycles. The second-order valence-electron chi connectivity index (χ2n) is 6.04. The monoisotopic (exact) mass is 411 g/mol. The van der Waals surface area contributed by atoms with Crippen LogP contribution < -0.4 is 15.4 Å². The number of amides is 1. The van der Waals surface area contributed by atoms with Crippen LogP contribution in [0.2, 0.25) is 0 Å². The molecule has 3 rings (SSSR count). The Bertz CT molecular complexity index is 942. The number of hydrogen-bond acceptors (Lipinski definition) is 5. The van der Waals surface area contributed by atoms with Crippen molar-refractivity contribution < 1.29 is 9.53 Å². The van der Waals surface area contributed by atoms with E-state index in [1.54, 1.807) is 18.2 Å². The summed E-state index contributed by atoms with van der Waals surface area (Å²) in [5.74, 6) is 0.380. The molecule has 0 aliphatic carbocycles. The first kappa shape index (κ1) is 20.0. The van der Waals surface area contributed by atoms with E-state index >= 15 is 0 Å². The van der Waals surface area contributed by atoms with Crippen LogP contribution in [0.15, 0.2) is 60.0 Å². The molecule has 0 saturated carbocycles. The maximum absolute atomic E-state index is 12.4. The number of unbranched alkanes of at least 4 members (excludes halogenated alkanes) is 1. The molecule has 0 aliphatic heterocycles. The van der Waals surface area contributed by atoms with Crippen LogP contribution in [0.5, 0.6) is 5.75 Å². The van der Waals surface area contributed by atoms with Crippen LogP contribution in [0.25, 0.3) is 11.3 Å². The average molecular weight is 412 g/mol. The summed E-state index contributed by atoms with van der Waals surface area (Å²) >= 11 is 6.68. The quantitative estimate of drug-likeness (QED) is 0.418. The van der Waals surface area contributed by atoms with Gasteiger partial charge in [0.15, 0.2) is 10.2 Å². The molecule has 144 valence electrons. The van der Waals surface area contributed by atoms with Gasteiger partial charge in [-0.25, -0.2) is 4.98 Å². The first-order valence-corrected chi connectivity index (χ1v) is 10.3. The number of rotatable bonds is 7. The number of nitrogens with zero attached hydrogens (tertiary/aromatic N) is 1. The molecule has 5 nitrogen and oxygen atoms in total. The van der Waals surface area contributed by atoms with Gasteiger partial charge in [0.2, 0.25) is 0 Å². The minimum absolute atomic E-state index is 0.205. The first-order valence-electron chi connectivity index (χ1n) is 9.02. The van der Waals surface area contributed by atoms with Crippen molar-refractivity contribution >= 4 is 39.7 Å². The maximum atomic E-state index is 12.4. The molecule has 0 spiro atoms. The fraction of sp³-hybridized carbons (Fsp3) is 0.190. The maximum Gasteiger partial charge on any atom is 0.257 e. The van der Waals surface area contributed by atoms with Crippen molar-refractivity contribution in [2.45, 2.75) is 19.8 Å². The van der Waals surface area contributed by atoms with Crippen molar-refractivity contribution in [3.05, 3.63) is 65.5 Å².